The Bertz CT molecular complexity index is 989. The van der Waals surface area contributed by atoms with Gasteiger partial charge < -0.3 is 19.9 Å². The van der Waals surface area contributed by atoms with Crippen molar-refractivity contribution in [2.45, 2.75) is 25.6 Å². The van der Waals surface area contributed by atoms with Crippen LogP contribution in [0.15, 0.2) is 67.0 Å². The lowest BCUT2D eigenvalue weighted by Gasteiger charge is -2.22. The zero-order chi connectivity index (χ0) is 21.5. The van der Waals surface area contributed by atoms with E-state index in [1.165, 1.54) is 12.1 Å². The minimum atomic E-state index is -0.850. The molecule has 0 saturated carbocycles. The average molecular weight is 410 g/mol. The molecule has 1 aromatic heterocycles. The number of nitrogens with one attached hydrogen (secondary N) is 2. The molecule has 7 nitrogen and oxygen atoms in total. The number of nitrogens with zero attached hydrogens (tertiary/aromatic N) is 2. The van der Waals surface area contributed by atoms with Gasteiger partial charge >= 0.3 is 6.09 Å². The zero-order valence-electron chi connectivity index (χ0n) is 16.7. The molecule has 3 rings (SSSR count). The number of halogens is 1. The number of imidazole rings is 1. The molecule has 1 heterocycles. The third-order valence-corrected chi connectivity index (χ3v) is 4.55. The van der Waals surface area contributed by atoms with Gasteiger partial charge in [0, 0.05) is 19.4 Å². The fraction of sp³-hybridized carbons (Fsp3) is 0.227. The largest absolute Gasteiger partial charge is 0.445 e. The standard InChI is InChI=1S/C22H23FN4O3/c1-15(25-22(29)30-14-16-6-4-3-5-7-16)21(28)26-19(20-24-12-13-27(20)2)17-8-10-18(23)11-9-17/h3-13,15,19H,14H2,1-2H3,(H,25,29)(H,26,28)/t15-,19?/m0/s1. The van der Waals surface area contributed by atoms with Gasteiger partial charge in [0.1, 0.15) is 30.3 Å². The monoisotopic (exact) mass is 410 g/mol. The van der Waals surface area contributed by atoms with E-state index in [0.717, 1.165) is 5.56 Å². The molecule has 2 atom stereocenters. The van der Waals surface area contributed by atoms with E-state index >= 15 is 0 Å². The van der Waals surface area contributed by atoms with Crippen LogP contribution in [0.2, 0.25) is 0 Å². The van der Waals surface area contributed by atoms with E-state index in [1.807, 2.05) is 30.3 Å². The summed E-state index contributed by atoms with van der Waals surface area (Å²) in [5.74, 6) is -0.224. The fourth-order valence-corrected chi connectivity index (χ4v) is 2.88. The Balaban J connectivity index is 1.64. The number of hydrogen-bond donors (Lipinski definition) is 2. The molecule has 156 valence electrons. The number of carbonyl (C=O) groups excluding carboxylic acids is 2. The summed E-state index contributed by atoms with van der Waals surface area (Å²) < 4.78 is 20.3. The van der Waals surface area contributed by atoms with Gasteiger partial charge in [-0.15, -0.1) is 0 Å². The normalized spacial score (nSPS) is 12.6. The number of aromatic nitrogens is 2. The van der Waals surface area contributed by atoms with Gasteiger partial charge in [-0.25, -0.2) is 14.2 Å². The van der Waals surface area contributed by atoms with Crippen LogP contribution >= 0.6 is 0 Å². The SMILES string of the molecule is C[C@H](NC(=O)OCc1ccccc1)C(=O)NC(c1ccc(F)cc1)c1nccn1C. The summed E-state index contributed by atoms with van der Waals surface area (Å²) in [7, 11) is 1.80. The van der Waals surface area contributed by atoms with Crippen molar-refractivity contribution in [3.63, 3.8) is 0 Å². The average Bonchev–Trinajstić information content (AvgIpc) is 3.17. The first-order valence-electron chi connectivity index (χ1n) is 9.44. The Kier molecular flexibility index (Phi) is 6.79. The molecule has 1 unspecified atom stereocenters. The number of amides is 2. The fourth-order valence-electron chi connectivity index (χ4n) is 2.88. The number of rotatable bonds is 7. The van der Waals surface area contributed by atoms with E-state index in [1.54, 1.807) is 43.1 Å². The lowest BCUT2D eigenvalue weighted by molar-refractivity contribution is -0.123. The first kappa shape index (κ1) is 21.0. The van der Waals surface area contributed by atoms with Crippen LogP contribution < -0.4 is 10.6 Å². The molecule has 2 aromatic carbocycles. The minimum Gasteiger partial charge on any atom is -0.445 e. The van der Waals surface area contributed by atoms with Crippen molar-refractivity contribution in [3.8, 4) is 0 Å². The van der Waals surface area contributed by atoms with Crippen molar-refractivity contribution in [2.75, 3.05) is 0 Å². The van der Waals surface area contributed by atoms with E-state index in [9.17, 15) is 14.0 Å². The van der Waals surface area contributed by atoms with Crippen LogP contribution in [0.25, 0.3) is 0 Å². The van der Waals surface area contributed by atoms with E-state index in [0.29, 0.717) is 11.4 Å². The number of hydrogen-bond acceptors (Lipinski definition) is 4. The van der Waals surface area contributed by atoms with E-state index < -0.39 is 24.1 Å². The third-order valence-electron chi connectivity index (χ3n) is 4.55. The van der Waals surface area contributed by atoms with Crippen LogP contribution in [0.3, 0.4) is 0 Å². The molecule has 0 aliphatic rings. The number of carbonyl (C=O) groups is 2. The van der Waals surface area contributed by atoms with E-state index in [4.69, 9.17) is 4.74 Å². The predicted octanol–water partition coefficient (Wildman–Crippen LogP) is 3.08. The van der Waals surface area contributed by atoms with Crippen LogP contribution in [0.1, 0.15) is 29.9 Å². The molecule has 2 N–H and O–H groups in total. The van der Waals surface area contributed by atoms with Gasteiger partial charge in [0.2, 0.25) is 5.91 Å². The summed E-state index contributed by atoms with van der Waals surface area (Å²) in [6, 6.07) is 13.6. The smallest absolute Gasteiger partial charge is 0.408 e. The summed E-state index contributed by atoms with van der Waals surface area (Å²) in [4.78, 5) is 29.0. The highest BCUT2D eigenvalue weighted by Gasteiger charge is 2.24. The molecule has 2 amide bonds. The first-order valence-corrected chi connectivity index (χ1v) is 9.44. The second-order valence-electron chi connectivity index (χ2n) is 6.82. The van der Waals surface area contributed by atoms with Gasteiger partial charge in [0.05, 0.1) is 0 Å². The second kappa shape index (κ2) is 9.69. The van der Waals surface area contributed by atoms with Crippen molar-refractivity contribution >= 4 is 12.0 Å². The highest BCUT2D eigenvalue weighted by molar-refractivity contribution is 5.85. The molecule has 0 aliphatic carbocycles. The number of aryl methyl sites for hydroxylation is 1. The molecular formula is C22H23FN4O3. The quantitative estimate of drug-likeness (QED) is 0.627. The first-order chi connectivity index (χ1) is 14.4. The Morgan fingerprint density at radius 1 is 1.10 bits per heavy atom. The molecule has 3 aromatic rings. The van der Waals surface area contributed by atoms with Gasteiger partial charge in [-0.2, -0.15) is 0 Å². The molecule has 0 bridgehead atoms. The molecule has 0 radical (unpaired) electrons. The van der Waals surface area contributed by atoms with Gasteiger partial charge in [-0.1, -0.05) is 42.5 Å². The van der Waals surface area contributed by atoms with E-state index in [2.05, 4.69) is 15.6 Å². The van der Waals surface area contributed by atoms with Gasteiger partial charge in [0.15, 0.2) is 0 Å². The lowest BCUT2D eigenvalue weighted by Crippen LogP contribution is -2.46. The maximum absolute atomic E-state index is 13.3. The Morgan fingerprint density at radius 2 is 1.80 bits per heavy atom. The molecule has 30 heavy (non-hydrogen) atoms. The summed E-state index contributed by atoms with van der Waals surface area (Å²) in [6.07, 6.45) is 2.66. The summed E-state index contributed by atoms with van der Waals surface area (Å²) in [6.45, 7) is 1.66. The minimum absolute atomic E-state index is 0.104. The predicted molar refractivity (Wildman–Crippen MR) is 109 cm³/mol. The van der Waals surface area contributed by atoms with Crippen molar-refractivity contribution in [3.05, 3.63) is 89.8 Å². The van der Waals surface area contributed by atoms with Gasteiger partial charge in [-0.3, -0.25) is 4.79 Å². The molecular weight excluding hydrogens is 387 g/mol. The van der Waals surface area contributed by atoms with Gasteiger partial charge in [-0.05, 0) is 30.2 Å². The Labute approximate surface area is 173 Å². The van der Waals surface area contributed by atoms with Crippen LogP contribution in [0, 0.1) is 5.82 Å². The second-order valence-corrected chi connectivity index (χ2v) is 6.82. The molecule has 0 saturated heterocycles. The zero-order valence-corrected chi connectivity index (χ0v) is 16.7. The van der Waals surface area contributed by atoms with Crippen LogP contribution in [-0.4, -0.2) is 27.6 Å². The summed E-state index contributed by atoms with van der Waals surface area (Å²) in [5.41, 5.74) is 1.51. The summed E-state index contributed by atoms with van der Waals surface area (Å²) >= 11 is 0. The highest BCUT2D eigenvalue weighted by atomic mass is 19.1. The van der Waals surface area contributed by atoms with Crippen molar-refractivity contribution < 1.29 is 18.7 Å². The lowest BCUT2D eigenvalue weighted by atomic mass is 10.1. The third kappa shape index (κ3) is 5.44. The highest BCUT2D eigenvalue weighted by Crippen LogP contribution is 2.21. The number of benzene rings is 2. The van der Waals surface area contributed by atoms with Crippen LogP contribution in [0.5, 0.6) is 0 Å². The van der Waals surface area contributed by atoms with Crippen molar-refractivity contribution in [2.24, 2.45) is 7.05 Å². The Hall–Kier alpha value is -3.68. The topological polar surface area (TPSA) is 85.2 Å². The molecule has 8 heteroatoms. The number of ether oxygens (including phenoxy) is 1. The summed E-state index contributed by atoms with van der Waals surface area (Å²) in [5, 5.41) is 5.38. The van der Waals surface area contributed by atoms with Crippen LogP contribution in [-0.2, 0) is 23.2 Å². The maximum Gasteiger partial charge on any atom is 0.408 e. The molecule has 0 spiro atoms. The van der Waals surface area contributed by atoms with E-state index in [-0.39, 0.29) is 12.4 Å². The van der Waals surface area contributed by atoms with Crippen molar-refractivity contribution in [1.82, 2.24) is 20.2 Å². The van der Waals surface area contributed by atoms with Crippen molar-refractivity contribution in [1.29, 1.82) is 0 Å². The number of alkyl carbamates (subject to hydrolysis) is 1. The van der Waals surface area contributed by atoms with Gasteiger partial charge in [0.25, 0.3) is 0 Å². The molecule has 0 fully saturated rings. The molecule has 0 aliphatic heterocycles. The maximum atomic E-state index is 13.3. The van der Waals surface area contributed by atoms with Crippen LogP contribution in [0.4, 0.5) is 9.18 Å². The Morgan fingerprint density at radius 3 is 2.43 bits per heavy atom.